The molecule has 2 bridgehead atoms. The number of alkyl halides is 2. The molecule has 2 aliphatic heterocycles. The van der Waals surface area contributed by atoms with Crippen LogP contribution in [0.5, 0.6) is 0 Å². The lowest BCUT2D eigenvalue weighted by atomic mass is 9.89. The van der Waals surface area contributed by atoms with Gasteiger partial charge in [-0.25, -0.2) is 0 Å². The fraction of sp³-hybridized carbons (Fsp3) is 0.562. The smallest absolute Gasteiger partial charge is 0.288 e. The van der Waals surface area contributed by atoms with Gasteiger partial charge in [0.1, 0.15) is 0 Å². The molecular weight excluding hydrogens is 342 g/mol. The van der Waals surface area contributed by atoms with Gasteiger partial charge in [0, 0.05) is 29.1 Å². The standard InChI is InChI=1S/C16H20F2N2OS.ClH/c17-16(18)22-14-5-3-11(4-6-14)20-15(21)9-10-7-12-1-2-13(8-10)19-12;/h3-6,10,12-13,16,19H,1-2,7-9H2,(H,20,21);1H. The number of halogens is 3. The first-order valence-corrected chi connectivity index (χ1v) is 8.57. The molecule has 3 rings (SSSR count). The van der Waals surface area contributed by atoms with Gasteiger partial charge in [-0.15, -0.1) is 12.4 Å². The summed E-state index contributed by atoms with van der Waals surface area (Å²) < 4.78 is 24.5. The minimum atomic E-state index is -2.42. The van der Waals surface area contributed by atoms with Crippen molar-refractivity contribution in [1.29, 1.82) is 0 Å². The summed E-state index contributed by atoms with van der Waals surface area (Å²) in [7, 11) is 0. The number of fused-ring (bicyclic) bond motifs is 2. The summed E-state index contributed by atoms with van der Waals surface area (Å²) in [4.78, 5) is 12.6. The van der Waals surface area contributed by atoms with Crippen LogP contribution in [0.4, 0.5) is 14.5 Å². The van der Waals surface area contributed by atoms with E-state index in [4.69, 9.17) is 0 Å². The average Bonchev–Trinajstić information content (AvgIpc) is 2.79. The molecule has 2 N–H and O–H groups in total. The highest BCUT2D eigenvalue weighted by Crippen LogP contribution is 2.33. The van der Waals surface area contributed by atoms with Crippen molar-refractivity contribution < 1.29 is 13.6 Å². The highest BCUT2D eigenvalue weighted by molar-refractivity contribution is 7.99. The SMILES string of the molecule is Cl.O=C(CC1CC2CCC(C1)N2)Nc1ccc(SC(F)F)cc1. The van der Waals surface area contributed by atoms with Crippen LogP contribution in [0.1, 0.15) is 32.1 Å². The Hall–Kier alpha value is -0.850. The molecule has 1 aromatic carbocycles. The van der Waals surface area contributed by atoms with Crippen molar-refractivity contribution >= 4 is 35.8 Å². The molecule has 23 heavy (non-hydrogen) atoms. The Bertz CT molecular complexity index is 517. The van der Waals surface area contributed by atoms with Crippen molar-refractivity contribution in [3.05, 3.63) is 24.3 Å². The number of nitrogens with one attached hydrogen (secondary N) is 2. The molecule has 2 saturated heterocycles. The minimum Gasteiger partial charge on any atom is -0.326 e. The highest BCUT2D eigenvalue weighted by atomic mass is 35.5. The molecule has 2 fully saturated rings. The van der Waals surface area contributed by atoms with E-state index in [1.165, 1.54) is 12.8 Å². The van der Waals surface area contributed by atoms with E-state index < -0.39 is 5.76 Å². The van der Waals surface area contributed by atoms with Gasteiger partial charge in [-0.3, -0.25) is 4.79 Å². The van der Waals surface area contributed by atoms with Gasteiger partial charge in [-0.1, -0.05) is 11.8 Å². The van der Waals surface area contributed by atoms with Crippen molar-refractivity contribution in [2.24, 2.45) is 5.92 Å². The molecule has 2 atom stereocenters. The van der Waals surface area contributed by atoms with Crippen molar-refractivity contribution in [3.63, 3.8) is 0 Å². The highest BCUT2D eigenvalue weighted by Gasteiger charge is 2.34. The molecule has 128 valence electrons. The lowest BCUT2D eigenvalue weighted by Crippen LogP contribution is -2.39. The molecule has 0 saturated carbocycles. The molecular formula is C16H21ClF2N2OS. The molecule has 0 aromatic heterocycles. The second kappa shape index (κ2) is 8.31. The Morgan fingerprint density at radius 2 is 1.83 bits per heavy atom. The number of carbonyl (C=O) groups excluding carboxylic acids is 1. The molecule has 1 amide bonds. The van der Waals surface area contributed by atoms with Gasteiger partial charge >= 0.3 is 0 Å². The van der Waals surface area contributed by atoms with Crippen LogP contribution in [0.2, 0.25) is 0 Å². The van der Waals surface area contributed by atoms with Crippen LogP contribution in [0.3, 0.4) is 0 Å². The number of amides is 1. The lowest BCUT2D eigenvalue weighted by Gasteiger charge is -2.28. The van der Waals surface area contributed by atoms with Gasteiger partial charge < -0.3 is 10.6 Å². The molecule has 0 aliphatic carbocycles. The van der Waals surface area contributed by atoms with Gasteiger partial charge in [0.25, 0.3) is 5.76 Å². The zero-order chi connectivity index (χ0) is 15.5. The second-order valence-corrected chi connectivity index (χ2v) is 7.19. The fourth-order valence-corrected chi connectivity index (χ4v) is 4.03. The maximum Gasteiger partial charge on any atom is 0.288 e. The minimum absolute atomic E-state index is 0. The van der Waals surface area contributed by atoms with Crippen molar-refractivity contribution in [1.82, 2.24) is 5.32 Å². The maximum atomic E-state index is 12.2. The summed E-state index contributed by atoms with van der Waals surface area (Å²) >= 11 is 0.509. The summed E-state index contributed by atoms with van der Waals surface area (Å²) in [5, 5.41) is 6.43. The summed E-state index contributed by atoms with van der Waals surface area (Å²) in [6.07, 6.45) is 5.15. The van der Waals surface area contributed by atoms with Gasteiger partial charge in [0.2, 0.25) is 5.91 Å². The van der Waals surface area contributed by atoms with Gasteiger partial charge in [0.15, 0.2) is 0 Å². The first-order valence-electron chi connectivity index (χ1n) is 7.69. The predicted octanol–water partition coefficient (Wildman–Crippen LogP) is 4.28. The predicted molar refractivity (Wildman–Crippen MR) is 91.5 cm³/mol. The molecule has 7 heteroatoms. The van der Waals surface area contributed by atoms with Gasteiger partial charge in [-0.2, -0.15) is 8.78 Å². The zero-order valence-corrected chi connectivity index (χ0v) is 14.3. The van der Waals surface area contributed by atoms with Gasteiger partial charge in [-0.05, 0) is 55.9 Å². The number of thioether (sulfide) groups is 1. The van der Waals surface area contributed by atoms with Crippen LogP contribution in [0.25, 0.3) is 0 Å². The summed E-state index contributed by atoms with van der Waals surface area (Å²) in [6, 6.07) is 7.74. The van der Waals surface area contributed by atoms with E-state index in [1.807, 2.05) is 0 Å². The molecule has 0 spiro atoms. The monoisotopic (exact) mass is 362 g/mol. The van der Waals surface area contributed by atoms with E-state index in [-0.39, 0.29) is 18.3 Å². The number of benzene rings is 1. The molecule has 2 heterocycles. The Kier molecular flexibility index (Phi) is 6.68. The van der Waals surface area contributed by atoms with E-state index in [9.17, 15) is 13.6 Å². The van der Waals surface area contributed by atoms with E-state index in [0.29, 0.717) is 46.8 Å². The van der Waals surface area contributed by atoms with E-state index in [2.05, 4.69) is 10.6 Å². The first-order chi connectivity index (χ1) is 10.6. The maximum absolute atomic E-state index is 12.2. The van der Waals surface area contributed by atoms with Crippen LogP contribution >= 0.6 is 24.2 Å². The molecule has 2 aliphatic rings. The fourth-order valence-electron chi connectivity index (χ4n) is 3.54. The second-order valence-electron chi connectivity index (χ2n) is 6.13. The van der Waals surface area contributed by atoms with Crippen LogP contribution in [0, 0.1) is 5.92 Å². The van der Waals surface area contributed by atoms with Gasteiger partial charge in [0.05, 0.1) is 0 Å². The number of hydrogen-bond acceptors (Lipinski definition) is 3. The topological polar surface area (TPSA) is 41.1 Å². The number of anilines is 1. The molecule has 0 radical (unpaired) electrons. The molecule has 2 unspecified atom stereocenters. The Labute approximate surface area is 145 Å². The third kappa shape index (κ3) is 5.33. The van der Waals surface area contributed by atoms with Crippen molar-refractivity contribution in [2.45, 2.75) is 54.8 Å². The molecule has 1 aromatic rings. The Balaban J connectivity index is 0.00000192. The number of hydrogen-bond donors (Lipinski definition) is 2. The lowest BCUT2D eigenvalue weighted by molar-refractivity contribution is -0.117. The normalized spacial score (nSPS) is 26.0. The van der Waals surface area contributed by atoms with Crippen molar-refractivity contribution in [3.8, 4) is 0 Å². The zero-order valence-electron chi connectivity index (χ0n) is 12.6. The number of piperidine rings is 1. The number of rotatable bonds is 5. The van der Waals surface area contributed by atoms with Crippen LogP contribution < -0.4 is 10.6 Å². The quantitative estimate of drug-likeness (QED) is 0.768. The summed E-state index contributed by atoms with van der Waals surface area (Å²) in [5.74, 6) is -1.95. The Morgan fingerprint density at radius 1 is 1.22 bits per heavy atom. The summed E-state index contributed by atoms with van der Waals surface area (Å²) in [5.41, 5.74) is 0.667. The largest absolute Gasteiger partial charge is 0.326 e. The van der Waals surface area contributed by atoms with E-state index in [0.717, 1.165) is 12.8 Å². The third-order valence-electron chi connectivity index (χ3n) is 4.41. The Morgan fingerprint density at radius 3 is 2.39 bits per heavy atom. The van der Waals surface area contributed by atoms with Crippen LogP contribution in [-0.2, 0) is 4.79 Å². The van der Waals surface area contributed by atoms with Crippen LogP contribution in [-0.4, -0.2) is 23.7 Å². The third-order valence-corrected chi connectivity index (χ3v) is 5.13. The van der Waals surface area contributed by atoms with Crippen molar-refractivity contribution in [2.75, 3.05) is 5.32 Å². The first kappa shape index (κ1) is 18.5. The number of carbonyl (C=O) groups is 1. The van der Waals surface area contributed by atoms with E-state index >= 15 is 0 Å². The summed E-state index contributed by atoms with van der Waals surface area (Å²) in [6.45, 7) is 0. The average molecular weight is 363 g/mol. The molecule has 3 nitrogen and oxygen atoms in total. The van der Waals surface area contributed by atoms with E-state index in [1.54, 1.807) is 24.3 Å². The van der Waals surface area contributed by atoms with Crippen LogP contribution in [0.15, 0.2) is 29.2 Å².